The van der Waals surface area contributed by atoms with Crippen LogP contribution in [0, 0.1) is 11.8 Å². The lowest BCUT2D eigenvalue weighted by Gasteiger charge is -2.30. The Balaban J connectivity index is 1.68. The summed E-state index contributed by atoms with van der Waals surface area (Å²) < 4.78 is 12.6. The molecule has 2 aliphatic rings. The van der Waals surface area contributed by atoms with Gasteiger partial charge in [0.05, 0.1) is 6.10 Å². The first kappa shape index (κ1) is 16.8. The van der Waals surface area contributed by atoms with E-state index in [1.807, 2.05) is 0 Å². The van der Waals surface area contributed by atoms with Crippen molar-refractivity contribution in [1.82, 2.24) is 0 Å². The number of ether oxygens (including phenoxy) is 2. The molecule has 2 heteroatoms. The van der Waals surface area contributed by atoms with E-state index >= 15 is 0 Å². The summed E-state index contributed by atoms with van der Waals surface area (Å²) in [5.41, 5.74) is 2.96. The Morgan fingerprint density at radius 1 is 1.04 bits per heavy atom. The van der Waals surface area contributed by atoms with Crippen LogP contribution in [0.5, 0.6) is 5.75 Å². The summed E-state index contributed by atoms with van der Waals surface area (Å²) in [7, 11) is 0. The van der Waals surface area contributed by atoms with Crippen LogP contribution in [0.2, 0.25) is 0 Å². The highest BCUT2D eigenvalue weighted by Crippen LogP contribution is 2.39. The van der Waals surface area contributed by atoms with Gasteiger partial charge in [-0.2, -0.15) is 0 Å². The second kappa shape index (κ2) is 7.25. The van der Waals surface area contributed by atoms with Gasteiger partial charge in [-0.1, -0.05) is 53.0 Å². The Hall–Kier alpha value is -1.02. The van der Waals surface area contributed by atoms with Crippen LogP contribution in [0.4, 0.5) is 0 Å². The average molecular weight is 316 g/mol. The third-order valence-electron chi connectivity index (χ3n) is 5.68. The van der Waals surface area contributed by atoms with Crippen molar-refractivity contribution in [2.75, 3.05) is 0 Å². The van der Waals surface area contributed by atoms with Crippen molar-refractivity contribution in [2.45, 2.75) is 84.5 Å². The number of rotatable bonds is 5. The van der Waals surface area contributed by atoms with Gasteiger partial charge in [-0.3, -0.25) is 0 Å². The molecule has 3 atom stereocenters. The van der Waals surface area contributed by atoms with Crippen molar-refractivity contribution in [3.63, 3.8) is 0 Å². The Morgan fingerprint density at radius 2 is 1.78 bits per heavy atom. The van der Waals surface area contributed by atoms with Crippen molar-refractivity contribution >= 4 is 0 Å². The summed E-state index contributed by atoms with van der Waals surface area (Å²) >= 11 is 0. The molecular formula is C21H32O2. The molecule has 1 fully saturated rings. The highest BCUT2D eigenvalue weighted by atomic mass is 16.7. The van der Waals surface area contributed by atoms with Crippen molar-refractivity contribution in [2.24, 2.45) is 11.8 Å². The molecule has 0 aliphatic heterocycles. The number of hydrogen-bond acceptors (Lipinski definition) is 2. The summed E-state index contributed by atoms with van der Waals surface area (Å²) in [6.45, 7) is 9.05. The summed E-state index contributed by atoms with van der Waals surface area (Å²) in [6, 6.07) is 6.63. The Morgan fingerprint density at radius 3 is 2.48 bits per heavy atom. The fraction of sp³-hybridized carbons (Fsp3) is 0.714. The van der Waals surface area contributed by atoms with Gasteiger partial charge in [0, 0.05) is 5.92 Å². The molecule has 0 radical (unpaired) electrons. The van der Waals surface area contributed by atoms with E-state index in [9.17, 15) is 0 Å². The summed E-state index contributed by atoms with van der Waals surface area (Å²) in [5, 5.41) is 0. The van der Waals surface area contributed by atoms with Gasteiger partial charge in [-0.05, 0) is 54.4 Å². The largest absolute Gasteiger partial charge is 0.465 e. The van der Waals surface area contributed by atoms with Gasteiger partial charge in [-0.25, -0.2) is 0 Å². The number of fused-ring (bicyclic) bond motifs is 1. The third-order valence-corrected chi connectivity index (χ3v) is 5.68. The molecule has 3 rings (SSSR count). The van der Waals surface area contributed by atoms with E-state index in [1.54, 1.807) is 0 Å². The zero-order valence-electron chi connectivity index (χ0n) is 15.2. The van der Waals surface area contributed by atoms with Crippen molar-refractivity contribution < 1.29 is 9.47 Å². The van der Waals surface area contributed by atoms with E-state index in [0.29, 0.717) is 17.9 Å². The van der Waals surface area contributed by atoms with E-state index in [1.165, 1.54) is 49.7 Å². The predicted molar refractivity (Wildman–Crippen MR) is 94.9 cm³/mol. The molecule has 0 saturated heterocycles. The molecule has 1 aromatic carbocycles. The molecule has 2 aliphatic carbocycles. The molecule has 3 unspecified atom stereocenters. The molecule has 0 bridgehead atoms. The van der Waals surface area contributed by atoms with E-state index in [2.05, 4.69) is 45.9 Å². The lowest BCUT2D eigenvalue weighted by atomic mass is 9.96. The number of hydrogen-bond donors (Lipinski definition) is 0. The Bertz CT molecular complexity index is 517. The molecule has 2 nitrogen and oxygen atoms in total. The molecule has 0 N–H and O–H groups in total. The topological polar surface area (TPSA) is 18.5 Å². The quantitative estimate of drug-likeness (QED) is 0.649. The summed E-state index contributed by atoms with van der Waals surface area (Å²) in [6.07, 6.45) is 7.76. The average Bonchev–Trinajstić information content (AvgIpc) is 2.82. The predicted octanol–water partition coefficient (Wildman–Crippen LogP) is 5.69. The van der Waals surface area contributed by atoms with Crippen molar-refractivity contribution in [3.8, 4) is 5.75 Å². The van der Waals surface area contributed by atoms with Gasteiger partial charge < -0.3 is 9.47 Å². The van der Waals surface area contributed by atoms with Crippen molar-refractivity contribution in [1.29, 1.82) is 0 Å². The number of benzene rings is 1. The first-order valence-corrected chi connectivity index (χ1v) is 9.49. The first-order chi connectivity index (χ1) is 11.0. The normalized spacial score (nSPS) is 26.3. The molecule has 1 aromatic rings. The van der Waals surface area contributed by atoms with Crippen LogP contribution >= 0.6 is 0 Å². The third kappa shape index (κ3) is 3.91. The van der Waals surface area contributed by atoms with Crippen LogP contribution in [-0.4, -0.2) is 12.4 Å². The SMILES string of the molecule is CC(C)C(Oc1ccc2c(c1)C(C)C(C)C2)OC1CCCCC1. The highest BCUT2D eigenvalue weighted by Gasteiger charge is 2.27. The standard InChI is InChI=1S/C21H32O2/c1-14(2)21(22-18-8-6-5-7-9-18)23-19-11-10-17-12-15(3)16(4)20(17)13-19/h10-11,13-16,18,21H,5-9,12H2,1-4H3. The van der Waals surface area contributed by atoms with Crippen LogP contribution in [0.1, 0.15) is 76.8 Å². The maximum Gasteiger partial charge on any atom is 0.202 e. The zero-order chi connectivity index (χ0) is 16.4. The first-order valence-electron chi connectivity index (χ1n) is 9.49. The minimum Gasteiger partial charge on any atom is -0.465 e. The van der Waals surface area contributed by atoms with Gasteiger partial charge in [0.2, 0.25) is 6.29 Å². The van der Waals surface area contributed by atoms with Crippen LogP contribution in [0.3, 0.4) is 0 Å². The second-order valence-corrected chi connectivity index (χ2v) is 7.96. The molecule has 1 saturated carbocycles. The van der Waals surface area contributed by atoms with E-state index < -0.39 is 0 Å². The molecular weight excluding hydrogens is 284 g/mol. The second-order valence-electron chi connectivity index (χ2n) is 7.96. The van der Waals surface area contributed by atoms with E-state index in [-0.39, 0.29) is 6.29 Å². The minimum absolute atomic E-state index is 0.134. The summed E-state index contributed by atoms with van der Waals surface area (Å²) in [5.74, 6) is 2.70. The minimum atomic E-state index is -0.134. The fourth-order valence-electron chi connectivity index (χ4n) is 3.93. The smallest absolute Gasteiger partial charge is 0.202 e. The van der Waals surface area contributed by atoms with Crippen LogP contribution in [0.25, 0.3) is 0 Å². The molecule has 0 aromatic heterocycles. The lowest BCUT2D eigenvalue weighted by Crippen LogP contribution is -2.32. The monoisotopic (exact) mass is 316 g/mol. The molecule has 0 amide bonds. The van der Waals surface area contributed by atoms with E-state index in [0.717, 1.165) is 11.7 Å². The molecule has 23 heavy (non-hydrogen) atoms. The van der Waals surface area contributed by atoms with E-state index in [4.69, 9.17) is 9.47 Å². The molecule has 128 valence electrons. The van der Waals surface area contributed by atoms with Crippen LogP contribution < -0.4 is 4.74 Å². The van der Waals surface area contributed by atoms with Gasteiger partial charge in [0.15, 0.2) is 0 Å². The lowest BCUT2D eigenvalue weighted by molar-refractivity contribution is -0.150. The van der Waals surface area contributed by atoms with Crippen LogP contribution in [0.15, 0.2) is 18.2 Å². The summed E-state index contributed by atoms with van der Waals surface area (Å²) in [4.78, 5) is 0. The van der Waals surface area contributed by atoms with Gasteiger partial charge >= 0.3 is 0 Å². The fourth-order valence-corrected chi connectivity index (χ4v) is 3.93. The molecule has 0 heterocycles. The zero-order valence-corrected chi connectivity index (χ0v) is 15.2. The van der Waals surface area contributed by atoms with Crippen molar-refractivity contribution in [3.05, 3.63) is 29.3 Å². The van der Waals surface area contributed by atoms with Gasteiger partial charge in [0.25, 0.3) is 0 Å². The van der Waals surface area contributed by atoms with Crippen LogP contribution in [-0.2, 0) is 11.2 Å². The maximum atomic E-state index is 6.30. The highest BCUT2D eigenvalue weighted by molar-refractivity contribution is 5.41. The molecule has 0 spiro atoms. The van der Waals surface area contributed by atoms with Gasteiger partial charge in [-0.15, -0.1) is 0 Å². The maximum absolute atomic E-state index is 6.30. The Labute approximate surface area is 141 Å². The van der Waals surface area contributed by atoms with Gasteiger partial charge in [0.1, 0.15) is 5.75 Å². The Kier molecular flexibility index (Phi) is 5.31.